The minimum atomic E-state index is -0.602. The van der Waals surface area contributed by atoms with Crippen LogP contribution in [0.4, 0.5) is 5.69 Å². The quantitative estimate of drug-likeness (QED) is 0.871. The number of fused-ring (bicyclic) bond motifs is 1. The highest BCUT2D eigenvalue weighted by molar-refractivity contribution is 6.20. The first-order valence-corrected chi connectivity index (χ1v) is 6.76. The maximum Gasteiger partial charge on any atom is 0.231 e. The Bertz CT molecular complexity index is 605. The van der Waals surface area contributed by atoms with Gasteiger partial charge >= 0.3 is 0 Å². The third kappa shape index (κ3) is 2.89. The van der Waals surface area contributed by atoms with Gasteiger partial charge in [-0.25, -0.2) is 4.98 Å². The van der Waals surface area contributed by atoms with Crippen molar-refractivity contribution in [3.63, 3.8) is 0 Å². The average Bonchev–Trinajstić information content (AvgIpc) is 2.80. The fourth-order valence-electron chi connectivity index (χ4n) is 1.57. The smallest absolute Gasteiger partial charge is 0.231 e. The number of amides is 1. The Hall–Kier alpha value is -1.55. The Labute approximate surface area is 117 Å². The zero-order valence-electron chi connectivity index (χ0n) is 11.3. The van der Waals surface area contributed by atoms with Crippen LogP contribution in [0, 0.1) is 5.41 Å². The SMILES string of the molecule is CCc1nc2cc(NC(=O)C(C)(C)CCl)ccc2o1. The summed E-state index contributed by atoms with van der Waals surface area (Å²) >= 11 is 5.78. The van der Waals surface area contributed by atoms with Crippen LogP contribution in [0.2, 0.25) is 0 Å². The molecule has 0 spiro atoms. The second kappa shape index (κ2) is 5.21. The fraction of sp³-hybridized carbons (Fsp3) is 0.429. The number of rotatable bonds is 4. The number of anilines is 1. The molecule has 1 aromatic heterocycles. The lowest BCUT2D eigenvalue weighted by atomic mass is 9.95. The van der Waals surface area contributed by atoms with E-state index in [1.165, 1.54) is 0 Å². The number of hydrogen-bond acceptors (Lipinski definition) is 3. The Kier molecular flexibility index (Phi) is 3.80. The van der Waals surface area contributed by atoms with Crippen molar-refractivity contribution < 1.29 is 9.21 Å². The monoisotopic (exact) mass is 280 g/mol. The van der Waals surface area contributed by atoms with Gasteiger partial charge in [0.05, 0.1) is 5.41 Å². The second-order valence-corrected chi connectivity index (χ2v) is 5.38. The average molecular weight is 281 g/mol. The summed E-state index contributed by atoms with van der Waals surface area (Å²) in [5.41, 5.74) is 1.57. The predicted molar refractivity (Wildman–Crippen MR) is 76.5 cm³/mol. The van der Waals surface area contributed by atoms with Crippen molar-refractivity contribution in [1.29, 1.82) is 0 Å². The van der Waals surface area contributed by atoms with Crippen molar-refractivity contribution in [1.82, 2.24) is 4.98 Å². The maximum atomic E-state index is 12.0. The van der Waals surface area contributed by atoms with Crippen LogP contribution in [0.5, 0.6) is 0 Å². The lowest BCUT2D eigenvalue weighted by Crippen LogP contribution is -2.32. The van der Waals surface area contributed by atoms with Gasteiger partial charge in [0.1, 0.15) is 5.52 Å². The molecular formula is C14H17ClN2O2. The molecule has 1 amide bonds. The molecule has 2 rings (SSSR count). The molecule has 0 unspecified atom stereocenters. The van der Waals surface area contributed by atoms with E-state index in [1.807, 2.05) is 13.0 Å². The zero-order chi connectivity index (χ0) is 14.0. The van der Waals surface area contributed by atoms with E-state index in [-0.39, 0.29) is 11.8 Å². The molecule has 5 heteroatoms. The Morgan fingerprint density at radius 2 is 2.21 bits per heavy atom. The standard InChI is InChI=1S/C14H17ClN2O2/c1-4-12-17-10-7-9(5-6-11(10)19-12)16-13(18)14(2,3)8-15/h5-7H,4,8H2,1-3H3,(H,16,18). The van der Waals surface area contributed by atoms with Crippen LogP contribution in [0.1, 0.15) is 26.7 Å². The van der Waals surface area contributed by atoms with E-state index in [1.54, 1.807) is 26.0 Å². The van der Waals surface area contributed by atoms with Gasteiger partial charge in [0.2, 0.25) is 5.91 Å². The van der Waals surface area contributed by atoms with E-state index in [0.717, 1.165) is 17.5 Å². The molecule has 19 heavy (non-hydrogen) atoms. The molecule has 0 saturated carbocycles. The second-order valence-electron chi connectivity index (χ2n) is 5.12. The van der Waals surface area contributed by atoms with E-state index in [0.29, 0.717) is 11.6 Å². The predicted octanol–water partition coefficient (Wildman–Crippen LogP) is 3.59. The molecule has 0 atom stereocenters. The first-order valence-electron chi connectivity index (χ1n) is 6.23. The normalized spacial score (nSPS) is 11.8. The topological polar surface area (TPSA) is 55.1 Å². The molecule has 0 aliphatic heterocycles. The number of oxazole rings is 1. The molecule has 0 radical (unpaired) electrons. The summed E-state index contributed by atoms with van der Waals surface area (Å²) in [7, 11) is 0. The van der Waals surface area contributed by atoms with Crippen LogP contribution in [0.25, 0.3) is 11.1 Å². The minimum Gasteiger partial charge on any atom is -0.441 e. The van der Waals surface area contributed by atoms with Crippen molar-refractivity contribution >= 4 is 34.3 Å². The van der Waals surface area contributed by atoms with E-state index in [9.17, 15) is 4.79 Å². The van der Waals surface area contributed by atoms with Crippen LogP contribution in [-0.2, 0) is 11.2 Å². The molecule has 0 fully saturated rings. The number of aromatic nitrogens is 1. The van der Waals surface area contributed by atoms with Gasteiger partial charge in [-0.1, -0.05) is 6.92 Å². The highest BCUT2D eigenvalue weighted by Gasteiger charge is 2.26. The van der Waals surface area contributed by atoms with E-state index in [2.05, 4.69) is 10.3 Å². The number of hydrogen-bond donors (Lipinski definition) is 1. The molecule has 2 aromatic rings. The molecule has 1 heterocycles. The molecule has 0 aliphatic carbocycles. The molecule has 0 bridgehead atoms. The Morgan fingerprint density at radius 1 is 1.47 bits per heavy atom. The Balaban J connectivity index is 2.24. The summed E-state index contributed by atoms with van der Waals surface area (Å²) in [5.74, 6) is 0.853. The first-order chi connectivity index (χ1) is 8.96. The number of nitrogens with one attached hydrogen (secondary N) is 1. The molecule has 1 aromatic carbocycles. The maximum absolute atomic E-state index is 12.0. The van der Waals surface area contributed by atoms with Gasteiger partial charge in [-0.05, 0) is 32.0 Å². The summed E-state index contributed by atoms with van der Waals surface area (Å²) in [6, 6.07) is 5.42. The third-order valence-electron chi connectivity index (χ3n) is 2.94. The summed E-state index contributed by atoms with van der Waals surface area (Å²) in [6.45, 7) is 5.59. The van der Waals surface area contributed by atoms with Crippen molar-refractivity contribution in [3.8, 4) is 0 Å². The molecule has 1 N–H and O–H groups in total. The number of nitrogens with zero attached hydrogens (tertiary/aromatic N) is 1. The van der Waals surface area contributed by atoms with Crippen LogP contribution < -0.4 is 5.32 Å². The van der Waals surface area contributed by atoms with Gasteiger partial charge in [-0.3, -0.25) is 4.79 Å². The number of halogens is 1. The highest BCUT2D eigenvalue weighted by atomic mass is 35.5. The van der Waals surface area contributed by atoms with Gasteiger partial charge in [0.25, 0.3) is 0 Å². The summed E-state index contributed by atoms with van der Waals surface area (Å²) < 4.78 is 5.52. The van der Waals surface area contributed by atoms with Gasteiger partial charge in [-0.2, -0.15) is 0 Å². The summed E-state index contributed by atoms with van der Waals surface area (Å²) in [5, 5.41) is 2.85. The summed E-state index contributed by atoms with van der Waals surface area (Å²) in [6.07, 6.45) is 0.746. The van der Waals surface area contributed by atoms with Crippen molar-refractivity contribution in [2.24, 2.45) is 5.41 Å². The van der Waals surface area contributed by atoms with E-state index < -0.39 is 5.41 Å². The lowest BCUT2D eigenvalue weighted by Gasteiger charge is -2.20. The number of carbonyl (C=O) groups excluding carboxylic acids is 1. The molecule has 0 saturated heterocycles. The lowest BCUT2D eigenvalue weighted by molar-refractivity contribution is -0.122. The molecular weight excluding hydrogens is 264 g/mol. The largest absolute Gasteiger partial charge is 0.441 e. The number of benzene rings is 1. The molecule has 4 nitrogen and oxygen atoms in total. The van der Waals surface area contributed by atoms with Crippen LogP contribution in [0.15, 0.2) is 22.6 Å². The summed E-state index contributed by atoms with van der Waals surface area (Å²) in [4.78, 5) is 16.4. The number of aryl methyl sites for hydroxylation is 1. The van der Waals surface area contributed by atoms with Crippen LogP contribution in [0.3, 0.4) is 0 Å². The third-order valence-corrected chi connectivity index (χ3v) is 3.61. The van der Waals surface area contributed by atoms with Crippen molar-refractivity contribution in [3.05, 3.63) is 24.1 Å². The van der Waals surface area contributed by atoms with Crippen molar-refractivity contribution in [2.75, 3.05) is 11.2 Å². The minimum absolute atomic E-state index is 0.110. The van der Waals surface area contributed by atoms with E-state index >= 15 is 0 Å². The Morgan fingerprint density at radius 3 is 2.84 bits per heavy atom. The van der Waals surface area contributed by atoms with Gasteiger partial charge in [-0.15, -0.1) is 11.6 Å². The highest BCUT2D eigenvalue weighted by Crippen LogP contribution is 2.23. The van der Waals surface area contributed by atoms with Gasteiger partial charge in [0.15, 0.2) is 11.5 Å². The van der Waals surface area contributed by atoms with Gasteiger partial charge in [0, 0.05) is 18.0 Å². The van der Waals surface area contributed by atoms with Gasteiger partial charge < -0.3 is 9.73 Å². The molecule has 0 aliphatic rings. The fourth-order valence-corrected chi connectivity index (χ4v) is 1.69. The van der Waals surface area contributed by atoms with E-state index in [4.69, 9.17) is 16.0 Å². The van der Waals surface area contributed by atoms with Crippen LogP contribution in [-0.4, -0.2) is 16.8 Å². The first kappa shape index (κ1) is 13.9. The van der Waals surface area contributed by atoms with Crippen LogP contribution >= 0.6 is 11.6 Å². The number of alkyl halides is 1. The number of carbonyl (C=O) groups is 1. The van der Waals surface area contributed by atoms with Crippen molar-refractivity contribution in [2.45, 2.75) is 27.2 Å². The zero-order valence-corrected chi connectivity index (χ0v) is 12.0. The molecule has 102 valence electrons.